The van der Waals surface area contributed by atoms with Crippen LogP contribution in [0.25, 0.3) is 11.1 Å². The average molecular weight is 246 g/mol. The number of hydrogen-bond donors (Lipinski definition) is 0. The Balaban J connectivity index is 2.50. The van der Waals surface area contributed by atoms with Gasteiger partial charge >= 0.3 is 0 Å². The highest BCUT2D eigenvalue weighted by Crippen LogP contribution is 2.27. The Hall–Kier alpha value is -1.97. The van der Waals surface area contributed by atoms with E-state index >= 15 is 0 Å². The van der Waals surface area contributed by atoms with Gasteiger partial charge in [0.1, 0.15) is 12.1 Å². The minimum atomic E-state index is -0.384. The van der Waals surface area contributed by atoms with Gasteiger partial charge in [0, 0.05) is 29.9 Å². The third-order valence-corrected chi connectivity index (χ3v) is 2.81. The van der Waals surface area contributed by atoms with Crippen molar-refractivity contribution in [1.29, 1.82) is 0 Å². The standard InChI is InChI=1S/C14H15FN2O/c1-3-4-14-12(8-17(2)16-14)11-6-5-10(9-18)7-13(11)15/h5-9H,3-4H2,1-2H3. The molecule has 0 N–H and O–H groups in total. The molecule has 0 aliphatic carbocycles. The highest BCUT2D eigenvalue weighted by atomic mass is 19.1. The molecular formula is C14H15FN2O. The fourth-order valence-corrected chi connectivity index (χ4v) is 2.00. The number of aldehydes is 1. The molecule has 0 atom stereocenters. The van der Waals surface area contributed by atoms with Crippen molar-refractivity contribution in [3.8, 4) is 11.1 Å². The van der Waals surface area contributed by atoms with E-state index in [1.165, 1.54) is 6.07 Å². The van der Waals surface area contributed by atoms with Gasteiger partial charge in [0.25, 0.3) is 0 Å². The number of carbonyl (C=O) groups excluding carboxylic acids is 1. The van der Waals surface area contributed by atoms with Crippen molar-refractivity contribution in [2.75, 3.05) is 0 Å². The summed E-state index contributed by atoms with van der Waals surface area (Å²) in [6, 6.07) is 4.51. The van der Waals surface area contributed by atoms with Gasteiger partial charge in [-0.3, -0.25) is 9.48 Å². The number of benzene rings is 1. The van der Waals surface area contributed by atoms with Crippen LogP contribution in [0.1, 0.15) is 29.4 Å². The van der Waals surface area contributed by atoms with Crippen molar-refractivity contribution in [3.63, 3.8) is 0 Å². The van der Waals surface area contributed by atoms with Crippen LogP contribution >= 0.6 is 0 Å². The van der Waals surface area contributed by atoms with Crippen LogP contribution in [0, 0.1) is 5.82 Å². The molecule has 94 valence electrons. The second kappa shape index (κ2) is 5.12. The van der Waals surface area contributed by atoms with E-state index in [0.717, 1.165) is 24.1 Å². The van der Waals surface area contributed by atoms with Crippen LogP contribution in [0.4, 0.5) is 4.39 Å². The molecule has 18 heavy (non-hydrogen) atoms. The molecule has 0 aliphatic heterocycles. The normalized spacial score (nSPS) is 10.6. The van der Waals surface area contributed by atoms with Gasteiger partial charge in [-0.25, -0.2) is 4.39 Å². The maximum atomic E-state index is 14.0. The molecule has 0 saturated carbocycles. The Bertz CT molecular complexity index is 575. The summed E-state index contributed by atoms with van der Waals surface area (Å²) in [5.41, 5.74) is 2.53. The highest BCUT2D eigenvalue weighted by molar-refractivity contribution is 5.77. The van der Waals surface area contributed by atoms with Gasteiger partial charge in [0.05, 0.1) is 5.69 Å². The SMILES string of the molecule is CCCc1nn(C)cc1-c1ccc(C=O)cc1F. The van der Waals surface area contributed by atoms with Crippen molar-refractivity contribution < 1.29 is 9.18 Å². The number of rotatable bonds is 4. The van der Waals surface area contributed by atoms with Gasteiger partial charge in [-0.1, -0.05) is 25.5 Å². The molecule has 0 unspecified atom stereocenters. The van der Waals surface area contributed by atoms with Gasteiger partial charge in [-0.2, -0.15) is 5.10 Å². The Kier molecular flexibility index (Phi) is 3.55. The molecule has 1 aromatic heterocycles. The van der Waals surface area contributed by atoms with E-state index in [9.17, 15) is 9.18 Å². The maximum Gasteiger partial charge on any atom is 0.150 e. The van der Waals surface area contributed by atoms with Gasteiger partial charge in [-0.05, 0) is 12.5 Å². The smallest absolute Gasteiger partial charge is 0.150 e. The van der Waals surface area contributed by atoms with Crippen molar-refractivity contribution in [3.05, 3.63) is 41.5 Å². The molecule has 0 fully saturated rings. The highest BCUT2D eigenvalue weighted by Gasteiger charge is 2.13. The minimum Gasteiger partial charge on any atom is -0.298 e. The third-order valence-electron chi connectivity index (χ3n) is 2.81. The molecule has 0 amide bonds. The molecule has 0 spiro atoms. The maximum absolute atomic E-state index is 14.0. The van der Waals surface area contributed by atoms with Crippen LogP contribution < -0.4 is 0 Å². The van der Waals surface area contributed by atoms with E-state index in [1.807, 2.05) is 13.2 Å². The number of carbonyl (C=O) groups is 1. The molecule has 0 bridgehead atoms. The zero-order valence-corrected chi connectivity index (χ0v) is 10.5. The molecule has 2 aromatic rings. The van der Waals surface area contributed by atoms with Crippen molar-refractivity contribution in [2.45, 2.75) is 19.8 Å². The molecular weight excluding hydrogens is 231 g/mol. The molecule has 2 rings (SSSR count). The third kappa shape index (κ3) is 2.32. The largest absolute Gasteiger partial charge is 0.298 e. The van der Waals surface area contributed by atoms with Gasteiger partial charge in [0.2, 0.25) is 0 Å². The van der Waals surface area contributed by atoms with E-state index in [4.69, 9.17) is 0 Å². The molecule has 4 heteroatoms. The summed E-state index contributed by atoms with van der Waals surface area (Å²) in [6.07, 6.45) is 4.22. The lowest BCUT2D eigenvalue weighted by molar-refractivity contribution is 0.112. The van der Waals surface area contributed by atoms with Crippen LogP contribution in [0.3, 0.4) is 0 Å². The summed E-state index contributed by atoms with van der Waals surface area (Å²) in [4.78, 5) is 10.6. The summed E-state index contributed by atoms with van der Waals surface area (Å²) in [7, 11) is 1.82. The monoisotopic (exact) mass is 246 g/mol. The predicted octanol–water partition coefficient (Wildman–Crippen LogP) is 2.99. The predicted molar refractivity (Wildman–Crippen MR) is 68.0 cm³/mol. The van der Waals surface area contributed by atoms with Crippen LogP contribution in [0.5, 0.6) is 0 Å². The molecule has 1 heterocycles. The Labute approximate surface area is 105 Å². The van der Waals surface area contributed by atoms with E-state index < -0.39 is 0 Å². The topological polar surface area (TPSA) is 34.9 Å². The fourth-order valence-electron chi connectivity index (χ4n) is 2.00. The molecule has 0 saturated heterocycles. The molecule has 3 nitrogen and oxygen atoms in total. The summed E-state index contributed by atoms with van der Waals surface area (Å²) >= 11 is 0. The first kappa shape index (κ1) is 12.5. The van der Waals surface area contributed by atoms with E-state index in [2.05, 4.69) is 12.0 Å². The Morgan fingerprint density at radius 3 is 2.78 bits per heavy atom. The van der Waals surface area contributed by atoms with E-state index in [-0.39, 0.29) is 5.82 Å². The summed E-state index contributed by atoms with van der Waals surface area (Å²) in [5.74, 6) is -0.384. The van der Waals surface area contributed by atoms with Gasteiger partial charge < -0.3 is 0 Å². The number of aromatic nitrogens is 2. The minimum absolute atomic E-state index is 0.345. The quantitative estimate of drug-likeness (QED) is 0.777. The van der Waals surface area contributed by atoms with E-state index in [1.54, 1.807) is 16.8 Å². The fraction of sp³-hybridized carbons (Fsp3) is 0.286. The Morgan fingerprint density at radius 1 is 1.39 bits per heavy atom. The van der Waals surface area contributed by atoms with Crippen LogP contribution in [0.15, 0.2) is 24.4 Å². The van der Waals surface area contributed by atoms with Gasteiger partial charge in [0.15, 0.2) is 0 Å². The number of hydrogen-bond acceptors (Lipinski definition) is 2. The molecule has 0 radical (unpaired) electrons. The van der Waals surface area contributed by atoms with Crippen LogP contribution in [-0.2, 0) is 13.5 Å². The lowest BCUT2D eigenvalue weighted by atomic mass is 10.0. The summed E-state index contributed by atoms with van der Waals surface area (Å²) in [5, 5.41) is 4.34. The molecule has 1 aromatic carbocycles. The average Bonchev–Trinajstić information content (AvgIpc) is 2.70. The second-order valence-corrected chi connectivity index (χ2v) is 4.27. The first-order valence-corrected chi connectivity index (χ1v) is 5.93. The summed E-state index contributed by atoms with van der Waals surface area (Å²) < 4.78 is 15.6. The van der Waals surface area contributed by atoms with Crippen molar-refractivity contribution in [1.82, 2.24) is 9.78 Å². The van der Waals surface area contributed by atoms with Crippen LogP contribution in [0.2, 0.25) is 0 Å². The first-order chi connectivity index (χ1) is 8.65. The zero-order chi connectivity index (χ0) is 13.1. The van der Waals surface area contributed by atoms with Crippen molar-refractivity contribution in [2.24, 2.45) is 7.05 Å². The van der Waals surface area contributed by atoms with Crippen LogP contribution in [-0.4, -0.2) is 16.1 Å². The zero-order valence-electron chi connectivity index (χ0n) is 10.5. The second-order valence-electron chi connectivity index (χ2n) is 4.27. The number of halogens is 1. The number of aryl methyl sites for hydroxylation is 2. The van der Waals surface area contributed by atoms with Crippen molar-refractivity contribution >= 4 is 6.29 Å². The van der Waals surface area contributed by atoms with E-state index in [0.29, 0.717) is 17.4 Å². The first-order valence-electron chi connectivity index (χ1n) is 5.93. The van der Waals surface area contributed by atoms with Gasteiger partial charge in [-0.15, -0.1) is 0 Å². The molecule has 0 aliphatic rings. The number of nitrogens with zero attached hydrogens (tertiary/aromatic N) is 2. The lowest BCUT2D eigenvalue weighted by Crippen LogP contribution is -1.92. The lowest BCUT2D eigenvalue weighted by Gasteiger charge is -2.03. The Morgan fingerprint density at radius 2 is 2.17 bits per heavy atom. The summed E-state index contributed by atoms with van der Waals surface area (Å²) in [6.45, 7) is 2.06.